The average Bonchev–Trinajstić information content (AvgIpc) is 2.59. The van der Waals surface area contributed by atoms with Gasteiger partial charge in [0, 0.05) is 8.60 Å². The van der Waals surface area contributed by atoms with E-state index >= 15 is 0 Å². The summed E-state index contributed by atoms with van der Waals surface area (Å²) in [4.78, 5) is 25.2. The molecule has 6 heteroatoms. The van der Waals surface area contributed by atoms with Gasteiger partial charge in [-0.15, -0.1) is 0 Å². The number of benzene rings is 1. The minimum atomic E-state index is -0.964. The molecule has 0 fully saturated rings. The molecule has 0 saturated carbocycles. The molecular weight excluding hydrogens is 427 g/mol. The van der Waals surface area contributed by atoms with Crippen molar-refractivity contribution in [2.24, 2.45) is 5.92 Å². The SMILES string of the molecule is C[C@@]1(CC2C=CC(I)=CC2)NC(=O)c2cc(Cl)ccc2NC1=O. The van der Waals surface area contributed by atoms with E-state index in [1.54, 1.807) is 25.1 Å². The van der Waals surface area contributed by atoms with E-state index in [0.717, 1.165) is 6.42 Å². The van der Waals surface area contributed by atoms with E-state index in [2.05, 4.69) is 45.4 Å². The molecule has 1 heterocycles. The Kier molecular flexibility index (Phi) is 4.51. The average molecular weight is 443 g/mol. The molecular formula is C17H16ClIN2O2. The summed E-state index contributed by atoms with van der Waals surface area (Å²) < 4.78 is 1.19. The van der Waals surface area contributed by atoms with Gasteiger partial charge in [-0.1, -0.05) is 29.8 Å². The van der Waals surface area contributed by atoms with Crippen LogP contribution in [0.4, 0.5) is 5.69 Å². The van der Waals surface area contributed by atoms with Gasteiger partial charge in [0.25, 0.3) is 5.91 Å². The van der Waals surface area contributed by atoms with E-state index in [1.807, 2.05) is 6.08 Å². The third-order valence-electron chi connectivity index (χ3n) is 4.18. The first kappa shape index (κ1) is 16.5. The standard InChI is InChI=1S/C17H16ClIN2O2/c1-17(9-10-2-5-12(19)6-3-10)16(23)20-14-7-4-11(18)8-13(14)15(22)21-17/h2,4-8,10H,3,9H2,1H3,(H,20,23)(H,21,22)/t10?,17-/m0/s1. The Morgan fingerprint density at radius 1 is 1.39 bits per heavy atom. The zero-order valence-corrected chi connectivity index (χ0v) is 15.4. The summed E-state index contributed by atoms with van der Waals surface area (Å²) >= 11 is 8.23. The lowest BCUT2D eigenvalue weighted by molar-refractivity contribution is -0.122. The lowest BCUT2D eigenvalue weighted by Crippen LogP contribution is -2.53. The van der Waals surface area contributed by atoms with Crippen molar-refractivity contribution in [3.8, 4) is 0 Å². The molecule has 0 aromatic heterocycles. The Labute approximate surface area is 153 Å². The maximum absolute atomic E-state index is 12.7. The number of amides is 2. The second kappa shape index (κ2) is 6.28. The van der Waals surface area contributed by atoms with Crippen molar-refractivity contribution >= 4 is 51.7 Å². The van der Waals surface area contributed by atoms with Crippen LogP contribution >= 0.6 is 34.2 Å². The van der Waals surface area contributed by atoms with Crippen LogP contribution in [0.25, 0.3) is 0 Å². The molecule has 0 bridgehead atoms. The summed E-state index contributed by atoms with van der Waals surface area (Å²) in [6.07, 6.45) is 7.69. The van der Waals surface area contributed by atoms with Crippen LogP contribution in [-0.4, -0.2) is 17.4 Å². The van der Waals surface area contributed by atoms with Crippen LogP contribution in [0.3, 0.4) is 0 Å². The van der Waals surface area contributed by atoms with Crippen molar-refractivity contribution in [1.82, 2.24) is 5.32 Å². The Bertz CT molecular complexity index is 744. The van der Waals surface area contributed by atoms with Crippen molar-refractivity contribution < 1.29 is 9.59 Å². The van der Waals surface area contributed by atoms with Crippen molar-refractivity contribution in [2.75, 3.05) is 5.32 Å². The molecule has 0 saturated heterocycles. The molecule has 2 aliphatic rings. The number of fused-ring (bicyclic) bond motifs is 1. The molecule has 1 aromatic carbocycles. The molecule has 1 aliphatic carbocycles. The Balaban J connectivity index is 1.86. The maximum Gasteiger partial charge on any atom is 0.254 e. The smallest absolute Gasteiger partial charge is 0.254 e. The summed E-state index contributed by atoms with van der Waals surface area (Å²) in [5.41, 5.74) is -0.0775. The first-order valence-corrected chi connectivity index (χ1v) is 8.80. The molecule has 120 valence electrons. The minimum absolute atomic E-state index is 0.204. The quantitative estimate of drug-likeness (QED) is 0.679. The van der Waals surface area contributed by atoms with Gasteiger partial charge < -0.3 is 10.6 Å². The predicted molar refractivity (Wildman–Crippen MR) is 99.9 cm³/mol. The number of halogens is 2. The highest BCUT2D eigenvalue weighted by Gasteiger charge is 2.40. The van der Waals surface area contributed by atoms with Gasteiger partial charge >= 0.3 is 0 Å². The molecule has 0 radical (unpaired) electrons. The first-order valence-electron chi connectivity index (χ1n) is 7.35. The van der Waals surface area contributed by atoms with Crippen LogP contribution in [0.5, 0.6) is 0 Å². The summed E-state index contributed by atoms with van der Waals surface area (Å²) in [6, 6.07) is 4.89. The molecule has 1 aliphatic heterocycles. The third kappa shape index (κ3) is 3.45. The van der Waals surface area contributed by atoms with Crippen LogP contribution in [0, 0.1) is 5.92 Å². The predicted octanol–water partition coefficient (Wildman–Crippen LogP) is 4.07. The lowest BCUT2D eigenvalue weighted by Gasteiger charge is -2.30. The van der Waals surface area contributed by atoms with E-state index in [9.17, 15) is 9.59 Å². The van der Waals surface area contributed by atoms with E-state index in [0.29, 0.717) is 22.7 Å². The fraction of sp³-hybridized carbons (Fsp3) is 0.294. The van der Waals surface area contributed by atoms with Gasteiger partial charge in [0.05, 0.1) is 11.3 Å². The number of hydrogen-bond acceptors (Lipinski definition) is 2. The largest absolute Gasteiger partial charge is 0.338 e. The van der Waals surface area contributed by atoms with Crippen molar-refractivity contribution in [2.45, 2.75) is 25.3 Å². The lowest BCUT2D eigenvalue weighted by atomic mass is 9.84. The van der Waals surface area contributed by atoms with E-state index in [4.69, 9.17) is 11.6 Å². The van der Waals surface area contributed by atoms with E-state index < -0.39 is 5.54 Å². The Hall–Kier alpha value is -1.34. The van der Waals surface area contributed by atoms with Crippen LogP contribution in [-0.2, 0) is 4.79 Å². The summed E-state index contributed by atoms with van der Waals surface area (Å²) in [5.74, 6) is -0.271. The summed E-state index contributed by atoms with van der Waals surface area (Å²) in [6.45, 7) is 1.77. The van der Waals surface area contributed by atoms with E-state index in [1.165, 1.54) is 3.58 Å². The van der Waals surface area contributed by atoms with Gasteiger partial charge in [0.2, 0.25) is 5.91 Å². The van der Waals surface area contributed by atoms with Gasteiger partial charge in [-0.2, -0.15) is 0 Å². The number of carbonyl (C=O) groups excluding carboxylic acids is 2. The minimum Gasteiger partial charge on any atom is -0.338 e. The van der Waals surface area contributed by atoms with Gasteiger partial charge in [-0.3, -0.25) is 9.59 Å². The highest BCUT2D eigenvalue weighted by Crippen LogP contribution is 2.31. The molecule has 4 nitrogen and oxygen atoms in total. The zero-order chi connectivity index (χ0) is 16.6. The van der Waals surface area contributed by atoms with Gasteiger partial charge in [-0.25, -0.2) is 0 Å². The van der Waals surface area contributed by atoms with Crippen molar-refractivity contribution in [1.29, 1.82) is 0 Å². The highest BCUT2D eigenvalue weighted by molar-refractivity contribution is 14.1. The van der Waals surface area contributed by atoms with E-state index in [-0.39, 0.29) is 17.7 Å². The maximum atomic E-state index is 12.7. The number of allylic oxidation sites excluding steroid dienone is 4. The molecule has 0 spiro atoms. The number of hydrogen-bond donors (Lipinski definition) is 2. The molecule has 1 aromatic rings. The molecule has 1 unspecified atom stereocenters. The second-order valence-electron chi connectivity index (χ2n) is 6.08. The molecule has 2 atom stereocenters. The Morgan fingerprint density at radius 2 is 2.17 bits per heavy atom. The van der Waals surface area contributed by atoms with Crippen LogP contribution < -0.4 is 10.6 Å². The highest BCUT2D eigenvalue weighted by atomic mass is 127. The molecule has 23 heavy (non-hydrogen) atoms. The van der Waals surface area contributed by atoms with Gasteiger partial charge in [0.1, 0.15) is 5.54 Å². The fourth-order valence-electron chi connectivity index (χ4n) is 2.91. The number of carbonyl (C=O) groups is 2. The van der Waals surface area contributed by atoms with Gasteiger partial charge in [0.15, 0.2) is 0 Å². The number of anilines is 1. The topological polar surface area (TPSA) is 58.2 Å². The Morgan fingerprint density at radius 3 is 2.87 bits per heavy atom. The molecule has 2 amide bonds. The van der Waals surface area contributed by atoms with Crippen molar-refractivity contribution in [3.63, 3.8) is 0 Å². The third-order valence-corrected chi connectivity index (χ3v) is 5.21. The fourth-order valence-corrected chi connectivity index (χ4v) is 3.54. The summed E-state index contributed by atoms with van der Waals surface area (Å²) in [7, 11) is 0. The molecule has 3 rings (SSSR count). The normalized spacial score (nSPS) is 26.7. The van der Waals surface area contributed by atoms with Gasteiger partial charge in [-0.05, 0) is 66.5 Å². The van der Waals surface area contributed by atoms with Crippen LogP contribution in [0.2, 0.25) is 5.02 Å². The zero-order valence-electron chi connectivity index (χ0n) is 12.5. The summed E-state index contributed by atoms with van der Waals surface area (Å²) in [5, 5.41) is 6.19. The van der Waals surface area contributed by atoms with Crippen molar-refractivity contribution in [3.05, 3.63) is 50.6 Å². The monoisotopic (exact) mass is 442 g/mol. The molecule has 2 N–H and O–H groups in total. The first-order chi connectivity index (χ1) is 10.9. The number of rotatable bonds is 2. The second-order valence-corrected chi connectivity index (χ2v) is 7.76. The number of nitrogens with one attached hydrogen (secondary N) is 2. The van der Waals surface area contributed by atoms with Crippen LogP contribution in [0.1, 0.15) is 30.1 Å². The van der Waals surface area contributed by atoms with Crippen LogP contribution in [0.15, 0.2) is 40.0 Å².